The largest absolute Gasteiger partial charge is 0.479 e. The fourth-order valence-corrected chi connectivity index (χ4v) is 2.30. The van der Waals surface area contributed by atoms with Gasteiger partial charge in [-0.15, -0.1) is 0 Å². The van der Waals surface area contributed by atoms with Crippen LogP contribution in [0.1, 0.15) is 19.8 Å². The average molecular weight is 213 g/mol. The Morgan fingerprint density at radius 2 is 2.13 bits per heavy atom. The van der Waals surface area contributed by atoms with Gasteiger partial charge in [-0.25, -0.2) is 4.79 Å². The second-order valence-electron chi connectivity index (χ2n) is 4.55. The number of aliphatic carboxylic acids is 1. The molecule has 1 spiro atoms. The van der Waals surface area contributed by atoms with Crippen molar-refractivity contribution in [3.63, 3.8) is 0 Å². The van der Waals surface area contributed by atoms with Gasteiger partial charge in [0.25, 0.3) is 0 Å². The standard InChI is InChI=1S/C10H15NO4/c1-7(12)11-4-10(5-11)3-2-8(9(13)14)15-6-10/h8H,2-6H2,1H3,(H,13,14). The maximum absolute atomic E-state index is 11.0. The molecular weight excluding hydrogens is 198 g/mol. The van der Waals surface area contributed by atoms with Gasteiger partial charge in [0.05, 0.1) is 6.61 Å². The average Bonchev–Trinajstić information content (AvgIpc) is 2.13. The minimum absolute atomic E-state index is 0.0393. The molecule has 1 amide bonds. The van der Waals surface area contributed by atoms with Crippen molar-refractivity contribution in [1.29, 1.82) is 0 Å². The van der Waals surface area contributed by atoms with E-state index in [-0.39, 0.29) is 11.3 Å². The van der Waals surface area contributed by atoms with Gasteiger partial charge in [0, 0.05) is 25.4 Å². The molecule has 5 heteroatoms. The molecule has 84 valence electrons. The summed E-state index contributed by atoms with van der Waals surface area (Å²) in [5.41, 5.74) is 0.0393. The monoisotopic (exact) mass is 213 g/mol. The molecule has 0 aromatic carbocycles. The summed E-state index contributed by atoms with van der Waals surface area (Å²) >= 11 is 0. The topological polar surface area (TPSA) is 66.8 Å². The van der Waals surface area contributed by atoms with Crippen LogP contribution < -0.4 is 0 Å². The summed E-state index contributed by atoms with van der Waals surface area (Å²) in [6, 6.07) is 0. The zero-order valence-electron chi connectivity index (χ0n) is 8.73. The van der Waals surface area contributed by atoms with Crippen molar-refractivity contribution in [3.8, 4) is 0 Å². The minimum atomic E-state index is -0.882. The van der Waals surface area contributed by atoms with E-state index in [1.165, 1.54) is 0 Å². The molecule has 0 radical (unpaired) electrons. The first-order valence-electron chi connectivity index (χ1n) is 5.12. The number of amides is 1. The fourth-order valence-electron chi connectivity index (χ4n) is 2.30. The smallest absolute Gasteiger partial charge is 0.332 e. The van der Waals surface area contributed by atoms with Crippen molar-refractivity contribution in [2.75, 3.05) is 19.7 Å². The molecule has 2 rings (SSSR count). The molecule has 2 fully saturated rings. The van der Waals surface area contributed by atoms with Crippen LogP contribution in [0.3, 0.4) is 0 Å². The van der Waals surface area contributed by atoms with Gasteiger partial charge in [-0.3, -0.25) is 4.79 Å². The third kappa shape index (κ3) is 1.84. The lowest BCUT2D eigenvalue weighted by atomic mass is 9.74. The van der Waals surface area contributed by atoms with Crippen LogP contribution in [-0.2, 0) is 14.3 Å². The van der Waals surface area contributed by atoms with Gasteiger partial charge in [-0.05, 0) is 12.8 Å². The van der Waals surface area contributed by atoms with Crippen LogP contribution in [0.15, 0.2) is 0 Å². The van der Waals surface area contributed by atoms with Crippen molar-refractivity contribution in [2.45, 2.75) is 25.9 Å². The van der Waals surface area contributed by atoms with Crippen molar-refractivity contribution >= 4 is 11.9 Å². The third-order valence-electron chi connectivity index (χ3n) is 3.30. The van der Waals surface area contributed by atoms with E-state index in [4.69, 9.17) is 9.84 Å². The molecule has 5 nitrogen and oxygen atoms in total. The molecule has 2 aliphatic rings. The van der Waals surface area contributed by atoms with E-state index >= 15 is 0 Å². The van der Waals surface area contributed by atoms with Crippen LogP contribution >= 0.6 is 0 Å². The predicted octanol–water partition coefficient (Wildman–Crippen LogP) is 0.0985. The van der Waals surface area contributed by atoms with Crippen LogP contribution in [0, 0.1) is 5.41 Å². The highest BCUT2D eigenvalue weighted by atomic mass is 16.5. The number of carbonyl (C=O) groups is 2. The normalized spacial score (nSPS) is 28.6. The van der Waals surface area contributed by atoms with Crippen molar-refractivity contribution in [1.82, 2.24) is 4.90 Å². The van der Waals surface area contributed by atoms with Crippen molar-refractivity contribution < 1.29 is 19.4 Å². The van der Waals surface area contributed by atoms with Crippen LogP contribution in [0.25, 0.3) is 0 Å². The molecule has 1 N–H and O–H groups in total. The van der Waals surface area contributed by atoms with E-state index in [0.717, 1.165) is 6.42 Å². The van der Waals surface area contributed by atoms with Gasteiger partial charge in [0.1, 0.15) is 0 Å². The molecule has 0 bridgehead atoms. The van der Waals surface area contributed by atoms with E-state index in [9.17, 15) is 9.59 Å². The Morgan fingerprint density at radius 1 is 1.47 bits per heavy atom. The SMILES string of the molecule is CC(=O)N1CC2(CCC(C(=O)O)OC2)C1. The first-order chi connectivity index (χ1) is 7.02. The maximum Gasteiger partial charge on any atom is 0.332 e. The lowest BCUT2D eigenvalue weighted by Gasteiger charge is -2.52. The molecular formula is C10H15NO4. The Hall–Kier alpha value is -1.10. The molecule has 2 aliphatic heterocycles. The van der Waals surface area contributed by atoms with Gasteiger partial charge < -0.3 is 14.7 Å². The van der Waals surface area contributed by atoms with E-state index < -0.39 is 12.1 Å². The number of ether oxygens (including phenoxy) is 1. The number of nitrogens with zero attached hydrogens (tertiary/aromatic N) is 1. The second-order valence-corrected chi connectivity index (χ2v) is 4.55. The lowest BCUT2D eigenvalue weighted by Crippen LogP contribution is -2.62. The molecule has 2 heterocycles. The number of rotatable bonds is 1. The van der Waals surface area contributed by atoms with E-state index in [1.54, 1.807) is 11.8 Å². The zero-order chi connectivity index (χ0) is 11.1. The highest BCUT2D eigenvalue weighted by molar-refractivity contribution is 5.74. The number of hydrogen-bond donors (Lipinski definition) is 1. The Bertz CT molecular complexity index is 286. The molecule has 1 unspecified atom stereocenters. The van der Waals surface area contributed by atoms with Crippen LogP contribution in [0.5, 0.6) is 0 Å². The molecule has 0 aromatic rings. The highest BCUT2D eigenvalue weighted by Crippen LogP contribution is 2.39. The van der Waals surface area contributed by atoms with E-state index in [0.29, 0.717) is 26.1 Å². The Kier molecular flexibility index (Phi) is 2.42. The summed E-state index contributed by atoms with van der Waals surface area (Å²) in [6.45, 7) is 3.45. The molecule has 0 aromatic heterocycles. The van der Waals surface area contributed by atoms with Crippen LogP contribution in [0.4, 0.5) is 0 Å². The highest BCUT2D eigenvalue weighted by Gasteiger charge is 2.47. The van der Waals surface area contributed by atoms with Crippen molar-refractivity contribution in [2.24, 2.45) is 5.41 Å². The zero-order valence-corrected chi connectivity index (χ0v) is 8.73. The number of likely N-dealkylation sites (tertiary alicyclic amines) is 1. The van der Waals surface area contributed by atoms with E-state index in [1.807, 2.05) is 0 Å². The van der Waals surface area contributed by atoms with Crippen LogP contribution in [0.2, 0.25) is 0 Å². The molecule has 1 atom stereocenters. The van der Waals surface area contributed by atoms with Crippen molar-refractivity contribution in [3.05, 3.63) is 0 Å². The maximum atomic E-state index is 11.0. The summed E-state index contributed by atoms with van der Waals surface area (Å²) in [5, 5.41) is 8.75. The van der Waals surface area contributed by atoms with Gasteiger partial charge >= 0.3 is 5.97 Å². The Morgan fingerprint density at radius 3 is 2.53 bits per heavy atom. The quantitative estimate of drug-likeness (QED) is 0.670. The van der Waals surface area contributed by atoms with Gasteiger partial charge in [-0.2, -0.15) is 0 Å². The summed E-state index contributed by atoms with van der Waals surface area (Å²) in [7, 11) is 0. The molecule has 2 saturated heterocycles. The summed E-state index contributed by atoms with van der Waals surface area (Å²) in [6.07, 6.45) is 0.747. The Balaban J connectivity index is 1.85. The first-order valence-corrected chi connectivity index (χ1v) is 5.12. The van der Waals surface area contributed by atoms with Gasteiger partial charge in [0.2, 0.25) is 5.91 Å². The first kappa shape index (κ1) is 10.4. The fraction of sp³-hybridized carbons (Fsp3) is 0.800. The minimum Gasteiger partial charge on any atom is -0.479 e. The molecule has 0 aliphatic carbocycles. The van der Waals surface area contributed by atoms with Gasteiger partial charge in [-0.1, -0.05) is 0 Å². The van der Waals surface area contributed by atoms with Crippen LogP contribution in [-0.4, -0.2) is 47.7 Å². The Labute approximate surface area is 88.0 Å². The molecule has 0 saturated carbocycles. The molecule has 15 heavy (non-hydrogen) atoms. The van der Waals surface area contributed by atoms with Gasteiger partial charge in [0.15, 0.2) is 6.10 Å². The summed E-state index contributed by atoms with van der Waals surface area (Å²) < 4.78 is 5.29. The third-order valence-corrected chi connectivity index (χ3v) is 3.30. The number of carbonyl (C=O) groups excluding carboxylic acids is 1. The number of carboxylic acid groups (broad SMARTS) is 1. The predicted molar refractivity (Wildman–Crippen MR) is 51.3 cm³/mol. The summed E-state index contributed by atoms with van der Waals surface area (Å²) in [4.78, 5) is 23.4. The second kappa shape index (κ2) is 3.48. The van der Waals surface area contributed by atoms with E-state index in [2.05, 4.69) is 0 Å². The lowest BCUT2D eigenvalue weighted by molar-refractivity contribution is -0.175. The summed E-state index contributed by atoms with van der Waals surface area (Å²) in [5.74, 6) is -0.798. The number of hydrogen-bond acceptors (Lipinski definition) is 3. The number of carboxylic acids is 1.